The van der Waals surface area contributed by atoms with Crippen LogP contribution in [0.1, 0.15) is 38.7 Å². The van der Waals surface area contributed by atoms with Gasteiger partial charge in [0.1, 0.15) is 6.61 Å². The number of esters is 1. The van der Waals surface area contributed by atoms with E-state index < -0.39 is 5.41 Å². The topological polar surface area (TPSA) is 29.5 Å². The number of likely N-dealkylation sites (N-methyl/N-ethyl adjacent to an activating group) is 1. The lowest BCUT2D eigenvalue weighted by molar-refractivity contribution is -0.154. The van der Waals surface area contributed by atoms with Gasteiger partial charge in [-0.3, -0.25) is 4.79 Å². The first kappa shape index (κ1) is 17.0. The van der Waals surface area contributed by atoms with Crippen LogP contribution in [0.4, 0.5) is 0 Å². The van der Waals surface area contributed by atoms with Crippen LogP contribution >= 0.6 is 0 Å². The largest absolute Gasteiger partial charge is 0.464 e. The van der Waals surface area contributed by atoms with Gasteiger partial charge in [-0.15, -0.1) is 0 Å². The zero-order chi connectivity index (χ0) is 17.0. The van der Waals surface area contributed by atoms with E-state index in [-0.39, 0.29) is 5.97 Å². The van der Waals surface area contributed by atoms with Crippen molar-refractivity contribution in [1.29, 1.82) is 0 Å². The summed E-state index contributed by atoms with van der Waals surface area (Å²) in [7, 11) is 0. The molecule has 1 saturated carbocycles. The van der Waals surface area contributed by atoms with Gasteiger partial charge >= 0.3 is 5.97 Å². The van der Waals surface area contributed by atoms with E-state index in [0.717, 1.165) is 44.5 Å². The van der Waals surface area contributed by atoms with Gasteiger partial charge in [-0.25, -0.2) is 0 Å². The van der Waals surface area contributed by atoms with E-state index in [0.29, 0.717) is 6.61 Å². The van der Waals surface area contributed by atoms with Crippen molar-refractivity contribution in [1.82, 2.24) is 4.90 Å². The normalized spacial score (nSPS) is 16.1. The summed E-state index contributed by atoms with van der Waals surface area (Å²) in [6.45, 7) is 7.53. The van der Waals surface area contributed by atoms with Gasteiger partial charge in [0.15, 0.2) is 0 Å². The van der Waals surface area contributed by atoms with E-state index in [1.165, 1.54) is 10.8 Å². The first-order valence-electron chi connectivity index (χ1n) is 9.09. The second-order valence-electron chi connectivity index (χ2n) is 6.63. The lowest BCUT2D eigenvalue weighted by Gasteiger charge is -2.40. The molecule has 0 aromatic heterocycles. The predicted octanol–water partition coefficient (Wildman–Crippen LogP) is 4.15. The highest BCUT2D eigenvalue weighted by atomic mass is 16.5. The van der Waals surface area contributed by atoms with Crippen LogP contribution < -0.4 is 0 Å². The first-order chi connectivity index (χ1) is 11.7. The van der Waals surface area contributed by atoms with Crippen LogP contribution in [0.5, 0.6) is 0 Å². The van der Waals surface area contributed by atoms with Crippen LogP contribution in [0.3, 0.4) is 0 Å². The maximum absolute atomic E-state index is 12.9. The lowest BCUT2D eigenvalue weighted by atomic mass is 9.63. The van der Waals surface area contributed by atoms with Crippen molar-refractivity contribution in [3.8, 4) is 0 Å². The molecule has 3 heteroatoms. The molecule has 0 amide bonds. The number of nitrogens with zero attached hydrogens (tertiary/aromatic N) is 1. The Kier molecular flexibility index (Phi) is 5.20. The SMILES string of the molecule is CCN(CC)CCOC(=O)C1(c2cccc3ccccc23)CCC1. The summed E-state index contributed by atoms with van der Waals surface area (Å²) < 4.78 is 5.71. The van der Waals surface area contributed by atoms with Gasteiger partial charge < -0.3 is 9.64 Å². The van der Waals surface area contributed by atoms with Gasteiger partial charge in [0.05, 0.1) is 5.41 Å². The smallest absolute Gasteiger partial charge is 0.316 e. The number of carbonyl (C=O) groups is 1. The van der Waals surface area contributed by atoms with Crippen molar-refractivity contribution in [2.24, 2.45) is 0 Å². The van der Waals surface area contributed by atoms with Gasteiger partial charge in [0, 0.05) is 6.54 Å². The number of carbonyl (C=O) groups excluding carboxylic acids is 1. The van der Waals surface area contributed by atoms with Crippen molar-refractivity contribution in [2.45, 2.75) is 38.5 Å². The third-order valence-electron chi connectivity index (χ3n) is 5.44. The highest BCUT2D eigenvalue weighted by Crippen LogP contribution is 2.47. The molecular weight excluding hydrogens is 298 g/mol. The van der Waals surface area contributed by atoms with Gasteiger partial charge in [-0.2, -0.15) is 0 Å². The van der Waals surface area contributed by atoms with E-state index in [1.807, 2.05) is 12.1 Å². The molecule has 0 spiro atoms. The van der Waals surface area contributed by atoms with E-state index in [2.05, 4.69) is 49.1 Å². The fraction of sp³-hybridized carbons (Fsp3) is 0.476. The Morgan fingerprint density at radius 1 is 1.08 bits per heavy atom. The monoisotopic (exact) mass is 325 g/mol. The van der Waals surface area contributed by atoms with Crippen molar-refractivity contribution in [3.63, 3.8) is 0 Å². The van der Waals surface area contributed by atoms with E-state index in [1.54, 1.807) is 0 Å². The standard InChI is InChI=1S/C21H27NO2/c1-3-22(4-2)15-16-24-20(23)21(13-8-14-21)19-12-7-10-17-9-5-6-11-18(17)19/h5-7,9-12H,3-4,8,13-16H2,1-2H3. The summed E-state index contributed by atoms with van der Waals surface area (Å²) in [6.07, 6.45) is 2.88. The van der Waals surface area contributed by atoms with E-state index >= 15 is 0 Å². The number of rotatable bonds is 7. The number of ether oxygens (including phenoxy) is 1. The van der Waals surface area contributed by atoms with Crippen LogP contribution in [-0.4, -0.2) is 37.1 Å². The maximum atomic E-state index is 12.9. The Morgan fingerprint density at radius 2 is 1.79 bits per heavy atom. The fourth-order valence-electron chi connectivity index (χ4n) is 3.70. The first-order valence-corrected chi connectivity index (χ1v) is 9.09. The molecule has 0 N–H and O–H groups in total. The van der Waals surface area contributed by atoms with E-state index in [4.69, 9.17) is 4.74 Å². The summed E-state index contributed by atoms with van der Waals surface area (Å²) in [5, 5.41) is 2.37. The predicted molar refractivity (Wildman–Crippen MR) is 98.2 cm³/mol. The average molecular weight is 325 g/mol. The Hall–Kier alpha value is -1.87. The van der Waals surface area contributed by atoms with Crippen LogP contribution in [0.25, 0.3) is 10.8 Å². The molecule has 3 rings (SSSR count). The second-order valence-corrected chi connectivity index (χ2v) is 6.63. The molecule has 24 heavy (non-hydrogen) atoms. The Morgan fingerprint density at radius 3 is 2.46 bits per heavy atom. The molecule has 2 aromatic carbocycles. The zero-order valence-corrected chi connectivity index (χ0v) is 14.8. The molecule has 0 radical (unpaired) electrons. The summed E-state index contributed by atoms with van der Waals surface area (Å²) in [5.41, 5.74) is 0.698. The van der Waals surface area contributed by atoms with Gasteiger partial charge in [-0.05, 0) is 42.3 Å². The number of benzene rings is 2. The molecular formula is C21H27NO2. The van der Waals surface area contributed by atoms with Crippen LogP contribution in [-0.2, 0) is 14.9 Å². The van der Waals surface area contributed by atoms with Crippen LogP contribution in [0, 0.1) is 0 Å². The summed E-state index contributed by atoms with van der Waals surface area (Å²) in [6, 6.07) is 14.6. The molecule has 1 fully saturated rings. The number of hydrogen-bond donors (Lipinski definition) is 0. The Balaban J connectivity index is 1.80. The third-order valence-corrected chi connectivity index (χ3v) is 5.44. The molecule has 0 aliphatic heterocycles. The molecule has 1 aliphatic carbocycles. The van der Waals surface area contributed by atoms with Gasteiger partial charge in [0.25, 0.3) is 0 Å². The third kappa shape index (κ3) is 3.05. The van der Waals surface area contributed by atoms with E-state index in [9.17, 15) is 4.79 Å². The lowest BCUT2D eigenvalue weighted by Crippen LogP contribution is -2.44. The zero-order valence-electron chi connectivity index (χ0n) is 14.8. The molecule has 0 heterocycles. The minimum absolute atomic E-state index is 0.0442. The van der Waals surface area contributed by atoms with Gasteiger partial charge in [0.2, 0.25) is 0 Å². The summed E-state index contributed by atoms with van der Waals surface area (Å²) in [5.74, 6) is -0.0442. The molecule has 128 valence electrons. The van der Waals surface area contributed by atoms with Gasteiger partial charge in [-0.1, -0.05) is 62.7 Å². The second kappa shape index (κ2) is 7.35. The van der Waals surface area contributed by atoms with Crippen molar-refractivity contribution < 1.29 is 9.53 Å². The highest BCUT2D eigenvalue weighted by Gasteiger charge is 2.47. The quantitative estimate of drug-likeness (QED) is 0.716. The fourth-order valence-corrected chi connectivity index (χ4v) is 3.70. The van der Waals surface area contributed by atoms with Crippen molar-refractivity contribution in [2.75, 3.05) is 26.2 Å². The molecule has 3 nitrogen and oxygen atoms in total. The summed E-state index contributed by atoms with van der Waals surface area (Å²) in [4.78, 5) is 15.2. The van der Waals surface area contributed by atoms with Crippen molar-refractivity contribution in [3.05, 3.63) is 48.0 Å². The minimum Gasteiger partial charge on any atom is -0.464 e. The number of fused-ring (bicyclic) bond motifs is 1. The average Bonchev–Trinajstić information content (AvgIpc) is 2.58. The molecule has 0 unspecified atom stereocenters. The molecule has 0 saturated heterocycles. The molecule has 0 bridgehead atoms. The minimum atomic E-state index is -0.440. The Bertz CT molecular complexity index is 697. The Labute approximate surface area is 144 Å². The van der Waals surface area contributed by atoms with Crippen LogP contribution in [0.2, 0.25) is 0 Å². The molecule has 0 atom stereocenters. The molecule has 1 aliphatic rings. The molecule has 2 aromatic rings. The maximum Gasteiger partial charge on any atom is 0.316 e. The van der Waals surface area contributed by atoms with Crippen LogP contribution in [0.15, 0.2) is 42.5 Å². The highest BCUT2D eigenvalue weighted by molar-refractivity contribution is 5.94. The summed E-state index contributed by atoms with van der Waals surface area (Å²) >= 11 is 0. The van der Waals surface area contributed by atoms with Crippen molar-refractivity contribution >= 4 is 16.7 Å². The number of hydrogen-bond acceptors (Lipinski definition) is 3.